The first-order valence-corrected chi connectivity index (χ1v) is 7.47. The molecule has 0 unspecified atom stereocenters. The molecule has 100 valence electrons. The lowest BCUT2D eigenvalue weighted by Crippen LogP contribution is -2.32. The number of hydrogen-bond acceptors (Lipinski definition) is 4. The first kappa shape index (κ1) is 13.2. The fraction of sp³-hybridized carbons (Fsp3) is 0.500. The molecule has 2 rings (SSSR count). The van der Waals surface area contributed by atoms with E-state index in [1.165, 1.54) is 22.5 Å². The van der Waals surface area contributed by atoms with Gasteiger partial charge in [-0.2, -0.15) is 4.31 Å². The fourth-order valence-corrected chi connectivity index (χ4v) is 3.39. The Morgan fingerprint density at radius 2 is 2.11 bits per heavy atom. The maximum Gasteiger partial charge on any atom is 0.243 e. The molecule has 1 saturated carbocycles. The number of nitrogens with two attached hydrogens (primary N) is 1. The van der Waals surface area contributed by atoms with Gasteiger partial charge in [-0.05, 0) is 37.0 Å². The van der Waals surface area contributed by atoms with E-state index in [0.717, 1.165) is 12.8 Å². The van der Waals surface area contributed by atoms with Gasteiger partial charge in [-0.1, -0.05) is 6.92 Å². The third-order valence-electron chi connectivity index (χ3n) is 3.15. The molecular formula is C12H18N2O3S. The number of benzene rings is 1. The van der Waals surface area contributed by atoms with Crippen LogP contribution in [-0.2, 0) is 10.0 Å². The Balaban J connectivity index is 2.29. The smallest absolute Gasteiger partial charge is 0.243 e. The molecule has 0 heterocycles. The Morgan fingerprint density at radius 3 is 2.61 bits per heavy atom. The normalized spacial score (nSPS) is 16.1. The van der Waals surface area contributed by atoms with Gasteiger partial charge < -0.3 is 10.8 Å². The molecule has 1 aliphatic carbocycles. The molecule has 3 N–H and O–H groups in total. The Kier molecular flexibility index (Phi) is 3.49. The number of phenols is 1. The summed E-state index contributed by atoms with van der Waals surface area (Å²) in [6, 6.07) is 4.00. The highest BCUT2D eigenvalue weighted by atomic mass is 32.2. The van der Waals surface area contributed by atoms with Crippen molar-refractivity contribution in [2.24, 2.45) is 5.92 Å². The highest BCUT2D eigenvalue weighted by Crippen LogP contribution is 2.32. The van der Waals surface area contributed by atoms with Crippen LogP contribution in [0.15, 0.2) is 23.1 Å². The third kappa shape index (κ3) is 2.59. The quantitative estimate of drug-likeness (QED) is 0.625. The summed E-state index contributed by atoms with van der Waals surface area (Å²) in [6.07, 6.45) is 2.20. The van der Waals surface area contributed by atoms with Crippen molar-refractivity contribution in [1.82, 2.24) is 4.31 Å². The summed E-state index contributed by atoms with van der Waals surface area (Å²) < 4.78 is 26.2. The van der Waals surface area contributed by atoms with Crippen LogP contribution < -0.4 is 5.73 Å². The summed E-state index contributed by atoms with van der Waals surface area (Å²) in [5.41, 5.74) is 5.62. The minimum absolute atomic E-state index is 0.0820. The number of hydrogen-bond donors (Lipinski definition) is 2. The Hall–Kier alpha value is -1.27. The van der Waals surface area contributed by atoms with Crippen molar-refractivity contribution in [3.05, 3.63) is 18.2 Å². The molecule has 1 aliphatic rings. The Morgan fingerprint density at radius 1 is 1.44 bits per heavy atom. The summed E-state index contributed by atoms with van der Waals surface area (Å²) in [6.45, 7) is 2.84. The molecule has 1 fully saturated rings. The van der Waals surface area contributed by atoms with E-state index < -0.39 is 10.0 Å². The van der Waals surface area contributed by atoms with Crippen molar-refractivity contribution in [2.45, 2.75) is 24.7 Å². The predicted molar refractivity (Wildman–Crippen MR) is 69.7 cm³/mol. The van der Waals surface area contributed by atoms with E-state index in [-0.39, 0.29) is 16.3 Å². The van der Waals surface area contributed by atoms with Crippen LogP contribution in [0.25, 0.3) is 0 Å². The number of phenolic OH excluding ortho intramolecular Hbond substituents is 1. The van der Waals surface area contributed by atoms with Crippen molar-refractivity contribution >= 4 is 15.7 Å². The molecule has 0 bridgehead atoms. The molecule has 0 amide bonds. The van der Waals surface area contributed by atoms with Crippen LogP contribution in [0, 0.1) is 5.92 Å². The van der Waals surface area contributed by atoms with E-state index in [0.29, 0.717) is 19.0 Å². The first-order chi connectivity index (χ1) is 8.45. The molecule has 0 saturated heterocycles. The van der Waals surface area contributed by atoms with Gasteiger partial charge in [0.25, 0.3) is 0 Å². The molecule has 18 heavy (non-hydrogen) atoms. The lowest BCUT2D eigenvalue weighted by Gasteiger charge is -2.20. The van der Waals surface area contributed by atoms with Gasteiger partial charge in [0.15, 0.2) is 0 Å². The second-order valence-electron chi connectivity index (χ2n) is 4.62. The molecule has 0 atom stereocenters. The van der Waals surface area contributed by atoms with E-state index >= 15 is 0 Å². The predicted octanol–water partition coefficient (Wildman–Crippen LogP) is 1.40. The van der Waals surface area contributed by atoms with Gasteiger partial charge in [-0.3, -0.25) is 0 Å². The van der Waals surface area contributed by atoms with Crippen LogP contribution >= 0.6 is 0 Å². The van der Waals surface area contributed by atoms with Gasteiger partial charge in [0.2, 0.25) is 10.0 Å². The van der Waals surface area contributed by atoms with Crippen molar-refractivity contribution in [2.75, 3.05) is 18.8 Å². The molecule has 6 heteroatoms. The zero-order valence-electron chi connectivity index (χ0n) is 10.3. The van der Waals surface area contributed by atoms with Crippen molar-refractivity contribution in [1.29, 1.82) is 0 Å². The second-order valence-corrected chi connectivity index (χ2v) is 6.56. The van der Waals surface area contributed by atoms with Gasteiger partial charge in [-0.15, -0.1) is 0 Å². The summed E-state index contributed by atoms with van der Waals surface area (Å²) in [4.78, 5) is 0.139. The topological polar surface area (TPSA) is 83.6 Å². The van der Waals surface area contributed by atoms with Gasteiger partial charge in [0.05, 0.1) is 10.6 Å². The zero-order valence-corrected chi connectivity index (χ0v) is 11.2. The number of nitrogens with zero attached hydrogens (tertiary/aromatic N) is 1. The van der Waals surface area contributed by atoms with Gasteiger partial charge >= 0.3 is 0 Å². The number of aromatic hydroxyl groups is 1. The summed E-state index contributed by atoms with van der Waals surface area (Å²) >= 11 is 0. The number of sulfonamides is 1. The highest BCUT2D eigenvalue weighted by molar-refractivity contribution is 7.89. The summed E-state index contributed by atoms with van der Waals surface area (Å²) in [5.74, 6) is 0.397. The van der Waals surface area contributed by atoms with Crippen LogP contribution in [0.1, 0.15) is 19.8 Å². The third-order valence-corrected chi connectivity index (χ3v) is 5.08. The summed E-state index contributed by atoms with van der Waals surface area (Å²) in [5, 5.41) is 9.33. The molecule has 1 aromatic carbocycles. The number of rotatable bonds is 5. The largest absolute Gasteiger partial charge is 0.506 e. The monoisotopic (exact) mass is 270 g/mol. The average Bonchev–Trinajstić information content (AvgIpc) is 3.13. The molecule has 0 aromatic heterocycles. The SMILES string of the molecule is CCN(CC1CC1)S(=O)(=O)c1ccc(O)c(N)c1. The molecule has 0 aliphatic heterocycles. The van der Waals surface area contributed by atoms with Crippen LogP contribution in [0.2, 0.25) is 0 Å². The maximum absolute atomic E-state index is 12.4. The molecule has 0 spiro atoms. The van der Waals surface area contributed by atoms with E-state index in [4.69, 9.17) is 5.73 Å². The maximum atomic E-state index is 12.4. The van der Waals surface area contributed by atoms with Crippen molar-refractivity contribution < 1.29 is 13.5 Å². The minimum Gasteiger partial charge on any atom is -0.506 e. The van der Waals surface area contributed by atoms with E-state index in [1.807, 2.05) is 6.92 Å². The number of anilines is 1. The molecular weight excluding hydrogens is 252 g/mol. The Bertz CT molecular complexity index is 538. The molecule has 5 nitrogen and oxygen atoms in total. The molecule has 1 aromatic rings. The second kappa shape index (κ2) is 4.78. The first-order valence-electron chi connectivity index (χ1n) is 6.03. The minimum atomic E-state index is -3.50. The average molecular weight is 270 g/mol. The van der Waals surface area contributed by atoms with Gasteiger partial charge in [-0.25, -0.2) is 8.42 Å². The van der Waals surface area contributed by atoms with Crippen molar-refractivity contribution in [3.63, 3.8) is 0 Å². The fourth-order valence-electron chi connectivity index (χ4n) is 1.83. The lowest BCUT2D eigenvalue weighted by molar-refractivity contribution is 0.412. The summed E-state index contributed by atoms with van der Waals surface area (Å²) in [7, 11) is -3.50. The van der Waals surface area contributed by atoms with Crippen LogP contribution in [0.5, 0.6) is 5.75 Å². The van der Waals surface area contributed by atoms with Crippen LogP contribution in [-0.4, -0.2) is 30.9 Å². The number of nitrogen functional groups attached to an aromatic ring is 1. The molecule has 0 radical (unpaired) electrons. The zero-order chi connectivity index (χ0) is 13.3. The lowest BCUT2D eigenvalue weighted by atomic mass is 10.3. The highest BCUT2D eigenvalue weighted by Gasteiger charge is 2.30. The van der Waals surface area contributed by atoms with Gasteiger partial charge in [0, 0.05) is 13.1 Å². The van der Waals surface area contributed by atoms with E-state index in [2.05, 4.69) is 0 Å². The Labute approximate surface area is 107 Å². The van der Waals surface area contributed by atoms with E-state index in [9.17, 15) is 13.5 Å². The van der Waals surface area contributed by atoms with Crippen LogP contribution in [0.3, 0.4) is 0 Å². The van der Waals surface area contributed by atoms with Gasteiger partial charge in [0.1, 0.15) is 5.75 Å². The van der Waals surface area contributed by atoms with Crippen molar-refractivity contribution in [3.8, 4) is 5.75 Å². The standard InChI is InChI=1S/C12H18N2O3S/c1-2-14(8-9-3-4-9)18(16,17)10-5-6-12(15)11(13)7-10/h5-7,9,15H,2-4,8,13H2,1H3. The van der Waals surface area contributed by atoms with Crippen LogP contribution in [0.4, 0.5) is 5.69 Å². The van der Waals surface area contributed by atoms with E-state index in [1.54, 1.807) is 0 Å².